The Labute approximate surface area is 104 Å². The number of rotatable bonds is 3. The Bertz CT molecular complexity index is 644. The molecule has 7 heteroatoms. The molecular weight excluding hydrogens is 290 g/mol. The van der Waals surface area contributed by atoms with Crippen molar-refractivity contribution in [3.63, 3.8) is 0 Å². The highest BCUT2D eigenvalue weighted by molar-refractivity contribution is 9.10. The standard InChI is InChI=1S/C10H10BrN3O3/c1-5-6(2-3-8(15)16)10(17)14-9(13-5)7(11)4-12-14/h4,12H,2-3H2,1H3,(H,15,16). The van der Waals surface area contributed by atoms with Gasteiger partial charge in [0.2, 0.25) is 0 Å². The highest BCUT2D eigenvalue weighted by atomic mass is 79.9. The molecule has 0 saturated heterocycles. The van der Waals surface area contributed by atoms with Crippen LogP contribution in [-0.2, 0) is 11.2 Å². The Morgan fingerprint density at radius 1 is 1.65 bits per heavy atom. The molecule has 0 aliphatic carbocycles. The minimum Gasteiger partial charge on any atom is -0.481 e. The second-order valence-electron chi connectivity index (χ2n) is 3.66. The lowest BCUT2D eigenvalue weighted by Crippen LogP contribution is -2.22. The zero-order valence-corrected chi connectivity index (χ0v) is 10.6. The topological polar surface area (TPSA) is 87.5 Å². The monoisotopic (exact) mass is 299 g/mol. The fraction of sp³-hybridized carbons (Fsp3) is 0.300. The number of carboxylic acids is 1. The lowest BCUT2D eigenvalue weighted by Gasteiger charge is -2.03. The van der Waals surface area contributed by atoms with E-state index >= 15 is 0 Å². The summed E-state index contributed by atoms with van der Waals surface area (Å²) in [7, 11) is 0. The van der Waals surface area contributed by atoms with Crippen molar-refractivity contribution >= 4 is 27.5 Å². The van der Waals surface area contributed by atoms with E-state index in [0.717, 1.165) is 0 Å². The van der Waals surface area contributed by atoms with E-state index in [1.165, 1.54) is 4.52 Å². The molecule has 0 aliphatic rings. The first-order valence-electron chi connectivity index (χ1n) is 4.97. The molecule has 0 amide bonds. The molecule has 0 unspecified atom stereocenters. The first kappa shape index (κ1) is 11.8. The maximum absolute atomic E-state index is 12.1. The van der Waals surface area contributed by atoms with Gasteiger partial charge in [0, 0.05) is 23.9 Å². The smallest absolute Gasteiger partial charge is 0.303 e. The van der Waals surface area contributed by atoms with E-state index in [-0.39, 0.29) is 18.4 Å². The number of aromatic nitrogens is 3. The van der Waals surface area contributed by atoms with E-state index in [1.807, 2.05) is 0 Å². The lowest BCUT2D eigenvalue weighted by molar-refractivity contribution is -0.136. The van der Waals surface area contributed by atoms with Crippen molar-refractivity contribution in [2.75, 3.05) is 0 Å². The van der Waals surface area contributed by atoms with Gasteiger partial charge in [-0.1, -0.05) is 0 Å². The van der Waals surface area contributed by atoms with E-state index < -0.39 is 5.97 Å². The van der Waals surface area contributed by atoms with Crippen LogP contribution in [0.5, 0.6) is 0 Å². The minimum atomic E-state index is -0.929. The quantitative estimate of drug-likeness (QED) is 0.889. The molecule has 0 bridgehead atoms. The number of aromatic amines is 1. The van der Waals surface area contributed by atoms with Gasteiger partial charge < -0.3 is 5.11 Å². The number of H-pyrrole nitrogens is 1. The predicted molar refractivity (Wildman–Crippen MR) is 64.2 cm³/mol. The molecule has 2 aromatic rings. The molecule has 0 radical (unpaired) electrons. The summed E-state index contributed by atoms with van der Waals surface area (Å²) in [5.41, 5.74) is 1.25. The molecular formula is C10H10BrN3O3. The van der Waals surface area contributed by atoms with Gasteiger partial charge in [0.25, 0.3) is 5.56 Å². The average Bonchev–Trinajstić information content (AvgIpc) is 2.60. The maximum Gasteiger partial charge on any atom is 0.303 e. The number of nitrogens with zero attached hydrogens (tertiary/aromatic N) is 2. The molecule has 2 rings (SSSR count). The fourth-order valence-electron chi connectivity index (χ4n) is 1.65. The van der Waals surface area contributed by atoms with Gasteiger partial charge in [-0.15, -0.1) is 0 Å². The van der Waals surface area contributed by atoms with Crippen LogP contribution in [0.25, 0.3) is 5.65 Å². The Balaban J connectivity index is 2.56. The van der Waals surface area contributed by atoms with Gasteiger partial charge in [-0.05, 0) is 29.3 Å². The van der Waals surface area contributed by atoms with E-state index in [4.69, 9.17) is 5.11 Å². The Morgan fingerprint density at radius 2 is 2.35 bits per heavy atom. The molecule has 0 spiro atoms. The molecule has 0 aromatic carbocycles. The first-order valence-corrected chi connectivity index (χ1v) is 5.77. The zero-order valence-electron chi connectivity index (χ0n) is 9.03. The molecule has 2 N–H and O–H groups in total. The number of hydrogen-bond acceptors (Lipinski definition) is 3. The number of fused-ring (bicyclic) bond motifs is 1. The summed E-state index contributed by atoms with van der Waals surface area (Å²) < 4.78 is 2.00. The largest absolute Gasteiger partial charge is 0.481 e. The molecule has 0 saturated carbocycles. The maximum atomic E-state index is 12.1. The van der Waals surface area contributed by atoms with Crippen molar-refractivity contribution < 1.29 is 9.90 Å². The van der Waals surface area contributed by atoms with Gasteiger partial charge in [-0.3, -0.25) is 14.7 Å². The summed E-state index contributed by atoms with van der Waals surface area (Å²) >= 11 is 3.27. The number of aliphatic carboxylic acids is 1. The summed E-state index contributed by atoms with van der Waals surface area (Å²) in [6.45, 7) is 1.71. The Morgan fingerprint density at radius 3 is 3.00 bits per heavy atom. The predicted octanol–water partition coefficient (Wildman–Crippen LogP) is 1.11. The number of halogens is 1. The summed E-state index contributed by atoms with van der Waals surface area (Å²) in [5, 5.41) is 11.4. The molecule has 90 valence electrons. The van der Waals surface area contributed by atoms with Crippen molar-refractivity contribution in [1.82, 2.24) is 14.6 Å². The van der Waals surface area contributed by atoms with Gasteiger partial charge >= 0.3 is 5.97 Å². The normalized spacial score (nSPS) is 10.9. The molecule has 0 atom stereocenters. The van der Waals surface area contributed by atoms with Gasteiger partial charge in [0.15, 0.2) is 5.65 Å². The van der Waals surface area contributed by atoms with Gasteiger partial charge in [0.1, 0.15) is 0 Å². The number of carbonyl (C=O) groups is 1. The molecule has 17 heavy (non-hydrogen) atoms. The van der Waals surface area contributed by atoms with Gasteiger partial charge in [-0.25, -0.2) is 9.50 Å². The van der Waals surface area contributed by atoms with Crippen molar-refractivity contribution in [3.05, 3.63) is 32.3 Å². The summed E-state index contributed by atoms with van der Waals surface area (Å²) in [6, 6.07) is 0. The summed E-state index contributed by atoms with van der Waals surface area (Å²) in [6.07, 6.45) is 1.72. The highest BCUT2D eigenvalue weighted by Crippen LogP contribution is 2.15. The van der Waals surface area contributed by atoms with Crippen LogP contribution in [0.15, 0.2) is 15.5 Å². The van der Waals surface area contributed by atoms with E-state index in [2.05, 4.69) is 26.0 Å². The van der Waals surface area contributed by atoms with Crippen LogP contribution in [0.2, 0.25) is 0 Å². The molecule has 0 aliphatic heterocycles. The molecule has 0 fully saturated rings. The fourth-order valence-corrected chi connectivity index (χ4v) is 2.02. The molecule has 2 heterocycles. The van der Waals surface area contributed by atoms with Crippen LogP contribution < -0.4 is 5.56 Å². The van der Waals surface area contributed by atoms with Crippen molar-refractivity contribution in [3.8, 4) is 0 Å². The summed E-state index contributed by atoms with van der Waals surface area (Å²) in [4.78, 5) is 26.8. The van der Waals surface area contributed by atoms with Crippen LogP contribution >= 0.6 is 15.9 Å². The summed E-state index contributed by atoms with van der Waals surface area (Å²) in [5.74, 6) is -0.929. The third kappa shape index (κ3) is 2.10. The third-order valence-corrected chi connectivity index (χ3v) is 3.09. The first-order chi connectivity index (χ1) is 8.00. The highest BCUT2D eigenvalue weighted by Gasteiger charge is 2.13. The van der Waals surface area contributed by atoms with Crippen LogP contribution in [0, 0.1) is 6.92 Å². The third-order valence-electron chi connectivity index (χ3n) is 2.51. The number of hydrogen-bond donors (Lipinski definition) is 2. The van der Waals surface area contributed by atoms with Crippen molar-refractivity contribution in [1.29, 1.82) is 0 Å². The van der Waals surface area contributed by atoms with Crippen LogP contribution in [0.3, 0.4) is 0 Å². The van der Waals surface area contributed by atoms with E-state index in [1.54, 1.807) is 13.1 Å². The van der Waals surface area contributed by atoms with Crippen molar-refractivity contribution in [2.24, 2.45) is 0 Å². The van der Waals surface area contributed by atoms with Crippen LogP contribution in [-0.4, -0.2) is 25.7 Å². The van der Waals surface area contributed by atoms with E-state index in [0.29, 0.717) is 21.4 Å². The van der Waals surface area contributed by atoms with Crippen LogP contribution in [0.4, 0.5) is 0 Å². The van der Waals surface area contributed by atoms with Crippen molar-refractivity contribution in [2.45, 2.75) is 19.8 Å². The lowest BCUT2D eigenvalue weighted by atomic mass is 10.1. The minimum absolute atomic E-state index is 0.0777. The number of aryl methyl sites for hydroxylation is 1. The van der Waals surface area contributed by atoms with Crippen LogP contribution in [0.1, 0.15) is 17.7 Å². The number of nitrogens with one attached hydrogen (secondary N) is 1. The van der Waals surface area contributed by atoms with Gasteiger partial charge in [-0.2, -0.15) is 0 Å². The molecule has 2 aromatic heterocycles. The molecule has 6 nitrogen and oxygen atoms in total. The van der Waals surface area contributed by atoms with E-state index in [9.17, 15) is 9.59 Å². The van der Waals surface area contributed by atoms with Gasteiger partial charge in [0.05, 0.1) is 4.47 Å². The number of carboxylic acid groups (broad SMARTS) is 1. The Hall–Kier alpha value is -1.63. The second kappa shape index (κ2) is 4.33. The Kier molecular flexibility index (Phi) is 3.01. The zero-order chi connectivity index (χ0) is 12.6. The average molecular weight is 300 g/mol. The SMILES string of the molecule is Cc1nc2c(Br)c[nH]n2c(=O)c1CCC(=O)O. The second-order valence-corrected chi connectivity index (χ2v) is 4.51.